The van der Waals surface area contributed by atoms with Crippen LogP contribution < -0.4 is 10.1 Å². The van der Waals surface area contributed by atoms with Crippen LogP contribution >= 0.6 is 0 Å². The van der Waals surface area contributed by atoms with Gasteiger partial charge in [-0.1, -0.05) is 13.8 Å². The van der Waals surface area contributed by atoms with Crippen molar-refractivity contribution in [3.05, 3.63) is 29.8 Å². The molecule has 7 heteroatoms. The summed E-state index contributed by atoms with van der Waals surface area (Å²) in [6.07, 6.45) is 0.373. The lowest BCUT2D eigenvalue weighted by Gasteiger charge is -2.27. The Morgan fingerprint density at radius 3 is 2.31 bits per heavy atom. The van der Waals surface area contributed by atoms with Crippen LogP contribution in [0.1, 0.15) is 44.0 Å². The fourth-order valence-electron chi connectivity index (χ4n) is 2.42. The van der Waals surface area contributed by atoms with Crippen molar-refractivity contribution in [3.63, 3.8) is 0 Å². The maximum Gasteiger partial charge on any atom is 0.303 e. The largest absolute Gasteiger partial charge is 0.494 e. The van der Waals surface area contributed by atoms with Crippen molar-refractivity contribution in [2.24, 2.45) is 5.92 Å². The van der Waals surface area contributed by atoms with Crippen LogP contribution in [0.25, 0.3) is 0 Å². The summed E-state index contributed by atoms with van der Waals surface area (Å²) in [5, 5.41) is 11.5. The lowest BCUT2D eigenvalue weighted by Crippen LogP contribution is -2.50. The van der Waals surface area contributed by atoms with Gasteiger partial charge in [0.1, 0.15) is 11.8 Å². The van der Waals surface area contributed by atoms with Crippen molar-refractivity contribution < 1.29 is 24.2 Å². The standard InChI is InChI=1S/C19H28N2O5/c1-5-26-15-10-8-14(9-11-15)18(24)20-17(13(2)3)19(25)21(4)12-6-7-16(22)23/h8-11,13,17H,5-7,12H2,1-4H3,(H,20,24)(H,22,23). The third kappa shape index (κ3) is 6.74. The number of carbonyl (C=O) groups is 3. The molecule has 0 aliphatic carbocycles. The average molecular weight is 364 g/mol. The van der Waals surface area contributed by atoms with Gasteiger partial charge in [0.25, 0.3) is 5.91 Å². The molecule has 0 saturated heterocycles. The summed E-state index contributed by atoms with van der Waals surface area (Å²) >= 11 is 0. The number of nitrogens with one attached hydrogen (secondary N) is 1. The third-order valence-electron chi connectivity index (χ3n) is 3.91. The van der Waals surface area contributed by atoms with E-state index in [0.29, 0.717) is 30.9 Å². The third-order valence-corrected chi connectivity index (χ3v) is 3.91. The van der Waals surface area contributed by atoms with E-state index >= 15 is 0 Å². The SMILES string of the molecule is CCOc1ccc(C(=O)NC(C(=O)N(C)CCCC(=O)O)C(C)C)cc1. The van der Waals surface area contributed by atoms with Gasteiger partial charge in [-0.25, -0.2) is 0 Å². The zero-order chi connectivity index (χ0) is 19.7. The van der Waals surface area contributed by atoms with Crippen LogP contribution in [0, 0.1) is 5.92 Å². The second-order valence-corrected chi connectivity index (χ2v) is 6.41. The van der Waals surface area contributed by atoms with E-state index < -0.39 is 12.0 Å². The van der Waals surface area contributed by atoms with Crippen LogP contribution in [-0.4, -0.2) is 54.0 Å². The highest BCUT2D eigenvalue weighted by atomic mass is 16.5. The van der Waals surface area contributed by atoms with Crippen LogP contribution in [-0.2, 0) is 9.59 Å². The van der Waals surface area contributed by atoms with Gasteiger partial charge < -0.3 is 20.1 Å². The Balaban J connectivity index is 2.72. The fraction of sp³-hybridized carbons (Fsp3) is 0.526. The number of hydrogen-bond acceptors (Lipinski definition) is 4. The van der Waals surface area contributed by atoms with Crippen LogP contribution in [0.2, 0.25) is 0 Å². The highest BCUT2D eigenvalue weighted by Crippen LogP contribution is 2.13. The molecule has 0 fully saturated rings. The highest BCUT2D eigenvalue weighted by molar-refractivity contribution is 5.97. The van der Waals surface area contributed by atoms with E-state index in [1.54, 1.807) is 31.3 Å². The molecule has 0 aromatic heterocycles. The molecule has 26 heavy (non-hydrogen) atoms. The molecule has 7 nitrogen and oxygen atoms in total. The summed E-state index contributed by atoms with van der Waals surface area (Å²) in [6, 6.07) is 6.05. The Labute approximate surface area is 154 Å². The maximum absolute atomic E-state index is 12.6. The highest BCUT2D eigenvalue weighted by Gasteiger charge is 2.27. The van der Waals surface area contributed by atoms with Gasteiger partial charge >= 0.3 is 5.97 Å². The fourth-order valence-corrected chi connectivity index (χ4v) is 2.42. The molecule has 2 amide bonds. The van der Waals surface area contributed by atoms with Gasteiger partial charge in [0.15, 0.2) is 0 Å². The molecule has 0 heterocycles. The lowest BCUT2D eigenvalue weighted by atomic mass is 10.0. The molecule has 144 valence electrons. The van der Waals surface area contributed by atoms with Crippen LogP contribution in [0.4, 0.5) is 0 Å². The molecule has 1 unspecified atom stereocenters. The molecule has 0 spiro atoms. The van der Waals surface area contributed by atoms with Gasteiger partial charge in [0.2, 0.25) is 5.91 Å². The summed E-state index contributed by atoms with van der Waals surface area (Å²) in [4.78, 5) is 37.1. The van der Waals surface area contributed by atoms with Crippen LogP contribution in [0.3, 0.4) is 0 Å². The number of carboxylic acids is 1. The summed E-state index contributed by atoms with van der Waals surface area (Å²) in [5.74, 6) is -0.881. The van der Waals surface area contributed by atoms with Crippen molar-refractivity contribution in [2.75, 3.05) is 20.2 Å². The molecule has 1 aromatic carbocycles. The first-order valence-corrected chi connectivity index (χ1v) is 8.76. The lowest BCUT2D eigenvalue weighted by molar-refractivity contribution is -0.138. The predicted molar refractivity (Wildman–Crippen MR) is 98.2 cm³/mol. The summed E-state index contributed by atoms with van der Waals surface area (Å²) < 4.78 is 5.35. The number of hydrogen-bond donors (Lipinski definition) is 2. The van der Waals surface area contributed by atoms with Crippen molar-refractivity contribution >= 4 is 17.8 Å². The molecule has 0 bridgehead atoms. The molecule has 1 rings (SSSR count). The number of ether oxygens (including phenoxy) is 1. The van der Waals surface area contributed by atoms with Gasteiger partial charge in [0.05, 0.1) is 6.61 Å². The maximum atomic E-state index is 12.6. The minimum absolute atomic E-state index is 0.00248. The molecule has 0 aliphatic rings. The number of aliphatic carboxylic acids is 1. The normalized spacial score (nSPS) is 11.7. The Hall–Kier alpha value is -2.57. The molecule has 2 N–H and O–H groups in total. The topological polar surface area (TPSA) is 95.9 Å². The van der Waals surface area contributed by atoms with Crippen LogP contribution in [0.15, 0.2) is 24.3 Å². The van der Waals surface area contributed by atoms with E-state index in [0.717, 1.165) is 0 Å². The second-order valence-electron chi connectivity index (χ2n) is 6.41. The molecule has 0 saturated carbocycles. The minimum atomic E-state index is -0.893. The van der Waals surface area contributed by atoms with E-state index in [2.05, 4.69) is 5.32 Å². The van der Waals surface area contributed by atoms with E-state index in [1.807, 2.05) is 20.8 Å². The van der Waals surface area contributed by atoms with Gasteiger partial charge in [-0.2, -0.15) is 0 Å². The summed E-state index contributed by atoms with van der Waals surface area (Å²) in [6.45, 7) is 6.46. The molecule has 0 aliphatic heterocycles. The number of nitrogens with zero attached hydrogens (tertiary/aromatic N) is 1. The average Bonchev–Trinajstić information content (AvgIpc) is 2.59. The minimum Gasteiger partial charge on any atom is -0.494 e. The zero-order valence-electron chi connectivity index (χ0n) is 15.8. The molecule has 0 radical (unpaired) electrons. The number of carbonyl (C=O) groups excluding carboxylic acids is 2. The molecule has 1 aromatic rings. The van der Waals surface area contributed by atoms with E-state index in [1.165, 1.54) is 4.90 Å². The van der Waals surface area contributed by atoms with E-state index in [4.69, 9.17) is 9.84 Å². The van der Waals surface area contributed by atoms with E-state index in [-0.39, 0.29) is 24.2 Å². The van der Waals surface area contributed by atoms with Gasteiger partial charge in [0, 0.05) is 25.6 Å². The van der Waals surface area contributed by atoms with Gasteiger partial charge in [-0.3, -0.25) is 14.4 Å². The Morgan fingerprint density at radius 2 is 1.81 bits per heavy atom. The van der Waals surface area contributed by atoms with Crippen molar-refractivity contribution in [1.29, 1.82) is 0 Å². The Bertz CT molecular complexity index is 613. The molecular formula is C19H28N2O5. The summed E-state index contributed by atoms with van der Waals surface area (Å²) in [5.41, 5.74) is 0.445. The number of benzene rings is 1. The molecular weight excluding hydrogens is 336 g/mol. The first-order chi connectivity index (χ1) is 12.3. The smallest absolute Gasteiger partial charge is 0.303 e. The first-order valence-electron chi connectivity index (χ1n) is 8.76. The van der Waals surface area contributed by atoms with Crippen molar-refractivity contribution in [2.45, 2.75) is 39.7 Å². The van der Waals surface area contributed by atoms with Gasteiger partial charge in [-0.05, 0) is 43.5 Å². The monoisotopic (exact) mass is 364 g/mol. The number of carboxylic acid groups (broad SMARTS) is 1. The Morgan fingerprint density at radius 1 is 1.19 bits per heavy atom. The number of amides is 2. The first kappa shape index (κ1) is 21.5. The van der Waals surface area contributed by atoms with E-state index in [9.17, 15) is 14.4 Å². The summed E-state index contributed by atoms with van der Waals surface area (Å²) in [7, 11) is 1.61. The Kier molecular flexibility index (Phi) is 8.61. The quantitative estimate of drug-likeness (QED) is 0.663. The number of rotatable bonds is 10. The van der Waals surface area contributed by atoms with Crippen LogP contribution in [0.5, 0.6) is 5.75 Å². The number of likely N-dealkylation sites (N-methyl/N-ethyl adjacent to an activating group) is 1. The van der Waals surface area contributed by atoms with Gasteiger partial charge in [-0.15, -0.1) is 0 Å². The van der Waals surface area contributed by atoms with Crippen molar-refractivity contribution in [3.8, 4) is 5.75 Å². The van der Waals surface area contributed by atoms with Crippen molar-refractivity contribution in [1.82, 2.24) is 10.2 Å². The molecule has 1 atom stereocenters. The second kappa shape index (κ2) is 10.4. The zero-order valence-corrected chi connectivity index (χ0v) is 15.8. The predicted octanol–water partition coefficient (Wildman–Crippen LogP) is 2.16.